The highest BCUT2D eigenvalue weighted by Gasteiger charge is 2.17. The number of benzene rings is 10. The molecule has 314 valence electrons. The van der Waals surface area contributed by atoms with Crippen LogP contribution in [0, 0.1) is 13.8 Å². The Bertz CT molecular complexity index is 3430. The Labute approximate surface area is 393 Å². The summed E-state index contributed by atoms with van der Waals surface area (Å²) in [6.45, 7) is 4.28. The molecule has 4 heteroatoms. The monoisotopic (exact) mass is 880 g/mol. The van der Waals surface area contributed by atoms with Gasteiger partial charge in [0.2, 0.25) is 0 Å². The van der Waals surface area contributed by atoms with Crippen LogP contribution in [-0.4, -0.2) is 0 Å². The number of rotatable bonds is 9. The van der Waals surface area contributed by atoms with Gasteiger partial charge in [0.15, 0.2) is 0 Å². The molecule has 0 aliphatic heterocycles. The lowest BCUT2D eigenvalue weighted by Gasteiger charge is -2.26. The van der Waals surface area contributed by atoms with E-state index in [9.17, 15) is 0 Å². The van der Waals surface area contributed by atoms with Gasteiger partial charge >= 0.3 is 0 Å². The van der Waals surface area contributed by atoms with Crippen LogP contribution in [0.5, 0.6) is 0 Å². The molecule has 0 spiro atoms. The number of fused-ring (bicyclic) bond motifs is 6. The van der Waals surface area contributed by atoms with Crippen LogP contribution in [0.4, 0.5) is 34.1 Å². The second-order valence-electron chi connectivity index (χ2n) is 17.1. The van der Waals surface area contributed by atoms with Gasteiger partial charge in [0, 0.05) is 74.5 Å². The first-order valence-electron chi connectivity index (χ1n) is 22.5. The van der Waals surface area contributed by atoms with Crippen LogP contribution in [0.25, 0.3) is 73.7 Å². The Morgan fingerprint density at radius 1 is 0.242 bits per heavy atom. The fourth-order valence-electron chi connectivity index (χ4n) is 9.31. The zero-order chi connectivity index (χ0) is 44.1. The highest BCUT2D eigenvalue weighted by molar-refractivity contribution is 7.26. The fourth-order valence-corrected chi connectivity index (χ4v) is 11.5. The van der Waals surface area contributed by atoms with Gasteiger partial charge in [0.05, 0.1) is 0 Å². The third kappa shape index (κ3) is 7.40. The van der Waals surface area contributed by atoms with E-state index in [4.69, 9.17) is 0 Å². The highest BCUT2D eigenvalue weighted by Crippen LogP contribution is 2.42. The van der Waals surface area contributed by atoms with E-state index in [-0.39, 0.29) is 0 Å². The van der Waals surface area contributed by atoms with E-state index >= 15 is 0 Å². The summed E-state index contributed by atoms with van der Waals surface area (Å²) in [4.78, 5) is 4.69. The molecule has 0 saturated heterocycles. The molecule has 0 bridgehead atoms. The minimum Gasteiger partial charge on any atom is -0.311 e. The molecule has 0 fully saturated rings. The summed E-state index contributed by atoms with van der Waals surface area (Å²) in [7, 11) is 0. The van der Waals surface area contributed by atoms with E-state index in [1.807, 2.05) is 22.7 Å². The van der Waals surface area contributed by atoms with Crippen LogP contribution >= 0.6 is 22.7 Å². The quantitative estimate of drug-likeness (QED) is 0.143. The van der Waals surface area contributed by atoms with E-state index in [2.05, 4.69) is 254 Å². The molecule has 2 heterocycles. The van der Waals surface area contributed by atoms with E-state index < -0.39 is 0 Å². The Kier molecular flexibility index (Phi) is 10.0. The maximum absolute atomic E-state index is 2.35. The van der Waals surface area contributed by atoms with Gasteiger partial charge in [-0.15, -0.1) is 22.7 Å². The molecule has 0 unspecified atom stereocenters. The molecule has 0 atom stereocenters. The molecule has 10 aromatic carbocycles. The van der Waals surface area contributed by atoms with Crippen molar-refractivity contribution < 1.29 is 0 Å². The van der Waals surface area contributed by atoms with Gasteiger partial charge in [-0.25, -0.2) is 0 Å². The Balaban J connectivity index is 0.829. The van der Waals surface area contributed by atoms with Gasteiger partial charge in [-0.3, -0.25) is 0 Å². The second kappa shape index (κ2) is 16.7. The second-order valence-corrected chi connectivity index (χ2v) is 19.3. The Hall–Kier alpha value is -7.76. The predicted octanol–water partition coefficient (Wildman–Crippen LogP) is 19.0. The Morgan fingerprint density at radius 3 is 0.833 bits per heavy atom. The molecular weight excluding hydrogens is 837 g/mol. The summed E-state index contributed by atoms with van der Waals surface area (Å²) in [6, 6.07) is 84.7. The van der Waals surface area contributed by atoms with E-state index in [1.165, 1.54) is 84.9 Å². The lowest BCUT2D eigenvalue weighted by atomic mass is 10.0. The van der Waals surface area contributed by atoms with Crippen LogP contribution in [-0.2, 0) is 0 Å². The summed E-state index contributed by atoms with van der Waals surface area (Å²) in [5.74, 6) is 0. The van der Waals surface area contributed by atoms with Crippen molar-refractivity contribution in [3.05, 3.63) is 242 Å². The third-order valence-electron chi connectivity index (χ3n) is 12.8. The number of nitrogens with zero attached hydrogens (tertiary/aromatic N) is 2. The zero-order valence-corrected chi connectivity index (χ0v) is 38.3. The Morgan fingerprint density at radius 2 is 0.500 bits per heavy atom. The van der Waals surface area contributed by atoms with Crippen molar-refractivity contribution in [3.63, 3.8) is 0 Å². The zero-order valence-electron chi connectivity index (χ0n) is 36.7. The molecule has 0 aliphatic rings. The first kappa shape index (κ1) is 39.8. The number of thiophene rings is 2. The van der Waals surface area contributed by atoms with E-state index in [1.54, 1.807) is 0 Å². The van der Waals surface area contributed by atoms with Gasteiger partial charge in [0.25, 0.3) is 0 Å². The van der Waals surface area contributed by atoms with Crippen LogP contribution in [0.3, 0.4) is 0 Å². The van der Waals surface area contributed by atoms with Crippen molar-refractivity contribution in [2.75, 3.05) is 9.80 Å². The number of hydrogen-bond acceptors (Lipinski definition) is 4. The molecule has 2 nitrogen and oxygen atoms in total. The van der Waals surface area contributed by atoms with Gasteiger partial charge in [0.1, 0.15) is 0 Å². The van der Waals surface area contributed by atoms with E-state index in [0.29, 0.717) is 0 Å². The molecule has 12 rings (SSSR count). The van der Waals surface area contributed by atoms with Crippen LogP contribution < -0.4 is 9.80 Å². The van der Waals surface area contributed by atoms with Crippen LogP contribution in [0.1, 0.15) is 11.1 Å². The van der Waals surface area contributed by atoms with Crippen LogP contribution in [0.15, 0.2) is 231 Å². The highest BCUT2D eigenvalue weighted by atomic mass is 32.1. The number of hydrogen-bond donors (Lipinski definition) is 0. The molecule has 0 N–H and O–H groups in total. The number of anilines is 6. The summed E-state index contributed by atoms with van der Waals surface area (Å²) >= 11 is 3.72. The summed E-state index contributed by atoms with van der Waals surface area (Å²) < 4.78 is 5.31. The average Bonchev–Trinajstić information content (AvgIpc) is 3.94. The van der Waals surface area contributed by atoms with Crippen LogP contribution in [0.2, 0.25) is 0 Å². The summed E-state index contributed by atoms with van der Waals surface area (Å²) in [6.07, 6.45) is 0. The first-order valence-corrected chi connectivity index (χ1v) is 24.1. The lowest BCUT2D eigenvalue weighted by Crippen LogP contribution is -2.10. The van der Waals surface area contributed by atoms with Gasteiger partial charge in [-0.2, -0.15) is 0 Å². The lowest BCUT2D eigenvalue weighted by molar-refractivity contribution is 1.27. The molecule has 0 amide bonds. The fraction of sp³-hybridized carbons (Fsp3) is 0.0323. The minimum atomic E-state index is 1.11. The van der Waals surface area contributed by atoms with Gasteiger partial charge in [-0.1, -0.05) is 132 Å². The van der Waals surface area contributed by atoms with Crippen molar-refractivity contribution in [1.82, 2.24) is 0 Å². The molecule has 0 radical (unpaired) electrons. The third-order valence-corrected chi connectivity index (χ3v) is 15.1. The topological polar surface area (TPSA) is 6.48 Å². The first-order chi connectivity index (χ1) is 32.5. The maximum atomic E-state index is 2.35. The van der Waals surface area contributed by atoms with E-state index in [0.717, 1.165) is 34.1 Å². The molecular formula is C62H44N2S2. The minimum absolute atomic E-state index is 1.11. The van der Waals surface area contributed by atoms with Crippen molar-refractivity contribution in [2.24, 2.45) is 0 Å². The smallest absolute Gasteiger partial charge is 0.0462 e. The van der Waals surface area contributed by atoms with Crippen molar-refractivity contribution in [2.45, 2.75) is 13.8 Å². The van der Waals surface area contributed by atoms with Crippen molar-refractivity contribution >= 4 is 97.1 Å². The molecule has 0 aliphatic carbocycles. The predicted molar refractivity (Wildman–Crippen MR) is 287 cm³/mol. The van der Waals surface area contributed by atoms with Crippen molar-refractivity contribution in [1.29, 1.82) is 0 Å². The summed E-state index contributed by atoms with van der Waals surface area (Å²) in [5.41, 5.74) is 16.4. The molecule has 12 aromatic rings. The van der Waals surface area contributed by atoms with Crippen molar-refractivity contribution in [3.8, 4) is 33.4 Å². The molecule has 66 heavy (non-hydrogen) atoms. The standard InChI is InChI=1S/C62H44N2S2/c1-41-11-25-49(26-12-41)63(53-33-19-45(20-34-53)47-23-37-61-57(39-47)55-7-3-5-9-59(55)65-61)51-29-15-43(16-30-51)44-17-31-52(32-18-44)64(50-27-13-42(2)14-28-50)54-35-21-46(22-36-54)48-24-38-62-58(40-48)56-8-4-6-10-60(56)66-62/h3-40H,1-2H3. The maximum Gasteiger partial charge on any atom is 0.0462 e. The summed E-state index contributed by atoms with van der Waals surface area (Å²) in [5, 5.41) is 5.28. The molecule has 2 aromatic heterocycles. The number of aryl methyl sites for hydroxylation is 2. The molecule has 0 saturated carbocycles. The van der Waals surface area contributed by atoms with Gasteiger partial charge in [-0.05, 0) is 156 Å². The average molecular weight is 881 g/mol. The van der Waals surface area contributed by atoms with Gasteiger partial charge < -0.3 is 9.80 Å². The normalized spacial score (nSPS) is 11.5. The SMILES string of the molecule is Cc1ccc(N(c2ccc(-c3ccc(N(c4ccc(C)cc4)c4ccc(-c5ccc6sc7ccccc7c6c5)cc4)cc3)cc2)c2ccc(-c3ccc4sc5ccccc5c4c3)cc2)cc1. The largest absolute Gasteiger partial charge is 0.311 e.